The monoisotopic (exact) mass is 500 g/mol. The van der Waals surface area contributed by atoms with Crippen molar-refractivity contribution in [1.82, 2.24) is 15.3 Å². The quantitative estimate of drug-likeness (QED) is 0.487. The predicted octanol–water partition coefficient (Wildman–Crippen LogP) is 5.87. The van der Waals surface area contributed by atoms with Crippen LogP contribution in [0.25, 0.3) is 0 Å². The Hall–Kier alpha value is -2.21. The molecule has 1 spiro atoms. The summed E-state index contributed by atoms with van der Waals surface area (Å²) in [6, 6.07) is 13.8. The number of aromatic nitrogens is 2. The Bertz CT molecular complexity index is 1180. The van der Waals surface area contributed by atoms with Crippen molar-refractivity contribution in [3.8, 4) is 0 Å². The number of rotatable bonds is 3. The van der Waals surface area contributed by atoms with Gasteiger partial charge in [0, 0.05) is 28.9 Å². The van der Waals surface area contributed by atoms with E-state index in [9.17, 15) is 4.39 Å². The largest absolute Gasteiger partial charge is 0.325 e. The molecule has 1 aromatic heterocycles. The molecule has 2 aromatic carbocycles. The molecule has 0 bridgehead atoms. The maximum atomic E-state index is 13.7. The maximum absolute atomic E-state index is 13.7. The molecule has 180 valence electrons. The molecule has 1 atom stereocenters. The number of nitrogens with one attached hydrogen (secondary N) is 1. The van der Waals surface area contributed by atoms with Crippen molar-refractivity contribution in [3.63, 3.8) is 0 Å². The highest BCUT2D eigenvalue weighted by molar-refractivity contribution is 5.85. The third-order valence-electron chi connectivity index (χ3n) is 7.75. The molecular formula is C27H31Cl2FN4. The van der Waals surface area contributed by atoms with E-state index in [0.29, 0.717) is 5.92 Å². The zero-order valence-electron chi connectivity index (χ0n) is 19.4. The van der Waals surface area contributed by atoms with Gasteiger partial charge in [-0.3, -0.25) is 0 Å². The van der Waals surface area contributed by atoms with Gasteiger partial charge in [-0.25, -0.2) is 14.4 Å². The average Bonchev–Trinajstić information content (AvgIpc) is 3.33. The van der Waals surface area contributed by atoms with Gasteiger partial charge in [-0.1, -0.05) is 31.2 Å². The third-order valence-corrected chi connectivity index (χ3v) is 7.75. The lowest BCUT2D eigenvalue weighted by molar-refractivity contribution is 0.329. The summed E-state index contributed by atoms with van der Waals surface area (Å²) in [6.45, 7) is 5.36. The van der Waals surface area contributed by atoms with Gasteiger partial charge >= 0.3 is 0 Å². The van der Waals surface area contributed by atoms with Gasteiger partial charge in [-0.15, -0.1) is 24.8 Å². The molecule has 7 heteroatoms. The molecule has 34 heavy (non-hydrogen) atoms. The van der Waals surface area contributed by atoms with Crippen LogP contribution >= 0.6 is 24.8 Å². The summed E-state index contributed by atoms with van der Waals surface area (Å²) in [7, 11) is 0. The van der Waals surface area contributed by atoms with E-state index in [1.165, 1.54) is 34.1 Å². The fourth-order valence-electron chi connectivity index (χ4n) is 6.07. The Morgan fingerprint density at radius 1 is 1.06 bits per heavy atom. The van der Waals surface area contributed by atoms with Crippen LogP contribution in [-0.4, -0.2) is 29.6 Å². The zero-order chi connectivity index (χ0) is 21.7. The number of hydrogen-bond acceptors (Lipinski definition) is 4. The maximum Gasteiger partial charge on any atom is 0.140 e. The van der Waals surface area contributed by atoms with Gasteiger partial charge in [-0.2, -0.15) is 0 Å². The van der Waals surface area contributed by atoms with Crippen LogP contribution < -0.4 is 10.2 Å². The lowest BCUT2D eigenvalue weighted by Gasteiger charge is -2.35. The summed E-state index contributed by atoms with van der Waals surface area (Å²) < 4.78 is 13.7. The predicted molar refractivity (Wildman–Crippen MR) is 140 cm³/mol. The van der Waals surface area contributed by atoms with Crippen LogP contribution in [-0.2, 0) is 18.3 Å². The van der Waals surface area contributed by atoms with Crippen molar-refractivity contribution in [2.75, 3.05) is 24.5 Å². The molecule has 0 saturated carbocycles. The molecule has 6 rings (SSSR count). The van der Waals surface area contributed by atoms with Crippen LogP contribution in [0.1, 0.15) is 60.1 Å². The van der Waals surface area contributed by atoms with E-state index < -0.39 is 0 Å². The second-order valence-corrected chi connectivity index (χ2v) is 9.77. The molecule has 1 fully saturated rings. The minimum atomic E-state index is -0.170. The molecule has 3 aromatic rings. The van der Waals surface area contributed by atoms with Gasteiger partial charge in [0.05, 0.1) is 0 Å². The summed E-state index contributed by atoms with van der Waals surface area (Å²) in [5.41, 5.74) is 7.68. The summed E-state index contributed by atoms with van der Waals surface area (Å²) in [5.74, 6) is 1.44. The summed E-state index contributed by atoms with van der Waals surface area (Å²) in [5, 5.41) is 3.54. The first-order valence-corrected chi connectivity index (χ1v) is 11.8. The average molecular weight is 501 g/mol. The molecule has 1 N–H and O–H groups in total. The smallest absolute Gasteiger partial charge is 0.140 e. The van der Waals surface area contributed by atoms with E-state index in [1.807, 2.05) is 6.07 Å². The molecule has 0 amide bonds. The highest BCUT2D eigenvalue weighted by Gasteiger charge is 2.45. The number of nitrogens with zero attached hydrogens (tertiary/aromatic N) is 3. The van der Waals surface area contributed by atoms with Crippen LogP contribution in [0, 0.1) is 5.82 Å². The third kappa shape index (κ3) is 4.19. The number of benzene rings is 2. The Morgan fingerprint density at radius 3 is 2.65 bits per heavy atom. The molecule has 3 heterocycles. The van der Waals surface area contributed by atoms with Crippen LogP contribution in [0.4, 0.5) is 15.9 Å². The lowest BCUT2D eigenvalue weighted by atomic mass is 9.74. The summed E-state index contributed by atoms with van der Waals surface area (Å²) in [4.78, 5) is 11.9. The molecule has 3 aliphatic rings. The van der Waals surface area contributed by atoms with Crippen LogP contribution in [0.2, 0.25) is 0 Å². The Labute approximate surface area is 213 Å². The highest BCUT2D eigenvalue weighted by Crippen LogP contribution is 2.51. The normalized spacial score (nSPS) is 19.8. The van der Waals surface area contributed by atoms with E-state index in [0.717, 1.165) is 63.1 Å². The van der Waals surface area contributed by atoms with Gasteiger partial charge in [0.25, 0.3) is 0 Å². The molecule has 0 radical (unpaired) electrons. The first-order valence-electron chi connectivity index (χ1n) is 11.8. The van der Waals surface area contributed by atoms with Crippen LogP contribution in [0.3, 0.4) is 0 Å². The zero-order valence-corrected chi connectivity index (χ0v) is 21.0. The van der Waals surface area contributed by atoms with Crippen molar-refractivity contribution in [2.24, 2.45) is 0 Å². The van der Waals surface area contributed by atoms with Gasteiger partial charge in [0.2, 0.25) is 0 Å². The van der Waals surface area contributed by atoms with Gasteiger partial charge in [0.1, 0.15) is 18.0 Å². The van der Waals surface area contributed by atoms with E-state index >= 15 is 0 Å². The lowest BCUT2D eigenvalue weighted by Crippen LogP contribution is -2.42. The highest BCUT2D eigenvalue weighted by atomic mass is 35.5. The first-order chi connectivity index (χ1) is 15.6. The first kappa shape index (κ1) is 24.9. The van der Waals surface area contributed by atoms with E-state index in [-0.39, 0.29) is 36.0 Å². The van der Waals surface area contributed by atoms with Crippen LogP contribution in [0.5, 0.6) is 0 Å². The molecule has 2 aliphatic heterocycles. The van der Waals surface area contributed by atoms with Gasteiger partial charge in [0.15, 0.2) is 0 Å². The van der Waals surface area contributed by atoms with E-state index in [1.54, 1.807) is 18.5 Å². The number of aryl methyl sites for hydroxylation is 1. The van der Waals surface area contributed by atoms with Crippen molar-refractivity contribution >= 4 is 36.3 Å². The topological polar surface area (TPSA) is 41.1 Å². The number of fused-ring (bicyclic) bond motifs is 3. The number of anilines is 2. The fourth-order valence-corrected chi connectivity index (χ4v) is 6.07. The Kier molecular flexibility index (Phi) is 7.18. The van der Waals surface area contributed by atoms with Crippen LogP contribution in [0.15, 0.2) is 48.8 Å². The summed E-state index contributed by atoms with van der Waals surface area (Å²) >= 11 is 0. The number of halogens is 3. The Balaban J connectivity index is 0.00000137. The minimum absolute atomic E-state index is 0. The van der Waals surface area contributed by atoms with Crippen molar-refractivity contribution in [3.05, 3.63) is 82.6 Å². The SMILES string of the molecule is CC1CCc2ncnc(N3CC4(CCNCC4)c4cc(Cc5cccc(F)c5)ccc43)c21.Cl.Cl. The van der Waals surface area contributed by atoms with Crippen molar-refractivity contribution < 1.29 is 4.39 Å². The van der Waals surface area contributed by atoms with E-state index in [4.69, 9.17) is 4.98 Å². The van der Waals surface area contributed by atoms with Gasteiger partial charge < -0.3 is 10.2 Å². The second-order valence-electron chi connectivity index (χ2n) is 9.77. The molecule has 4 nitrogen and oxygen atoms in total. The standard InChI is InChI=1S/C27H29FN4.2ClH/c1-18-5-7-23-25(18)26(31-17-30-23)32-16-27(9-11-29-12-10-27)22-15-20(6-8-24(22)32)13-19-3-2-4-21(28)14-19;;/h2-4,6,8,14-15,17-18,29H,5,7,9-13,16H2,1H3;2*1H. The molecular weight excluding hydrogens is 470 g/mol. The second kappa shape index (κ2) is 9.80. The molecule has 1 unspecified atom stereocenters. The minimum Gasteiger partial charge on any atom is -0.325 e. The fraction of sp³-hybridized carbons (Fsp3) is 0.407. The number of hydrogen-bond donors (Lipinski definition) is 1. The molecule has 1 saturated heterocycles. The summed E-state index contributed by atoms with van der Waals surface area (Å²) in [6.07, 6.45) is 6.96. The number of piperidine rings is 1. The van der Waals surface area contributed by atoms with Crippen molar-refractivity contribution in [1.29, 1.82) is 0 Å². The van der Waals surface area contributed by atoms with E-state index in [2.05, 4.69) is 40.3 Å². The van der Waals surface area contributed by atoms with Crippen molar-refractivity contribution in [2.45, 2.75) is 50.4 Å². The Morgan fingerprint density at radius 2 is 1.85 bits per heavy atom. The van der Waals surface area contributed by atoms with Gasteiger partial charge in [-0.05, 0) is 86.0 Å². The molecule has 1 aliphatic carbocycles.